The number of benzene rings is 8. The zero-order chi connectivity index (χ0) is 55.8. The van der Waals surface area contributed by atoms with Gasteiger partial charge >= 0.3 is 11.9 Å². The zero-order valence-corrected chi connectivity index (χ0v) is 46.1. The summed E-state index contributed by atoms with van der Waals surface area (Å²) in [5, 5.41) is 24.5. The van der Waals surface area contributed by atoms with Crippen molar-refractivity contribution in [2.24, 2.45) is 10.2 Å². The van der Waals surface area contributed by atoms with Crippen LogP contribution in [0.2, 0.25) is 0 Å². The SMILES string of the molecule is Cc1cc(N(N=C2c3ccccc3-c3cc(C(=O)OCCCCCCCCCCOC(=O)c4ccc5c(c4)-c4ccccc4C5=NN(c4ccccc4)c4cc(C)n(-c5ccccc5)n4)ccc32)c2ccccc2)nn1-c1ccccc1. The van der Waals surface area contributed by atoms with Crippen molar-refractivity contribution in [3.05, 3.63) is 263 Å². The van der Waals surface area contributed by atoms with Crippen LogP contribution in [0.3, 0.4) is 0 Å². The second-order valence-corrected chi connectivity index (χ2v) is 20.7. The molecule has 0 N–H and O–H groups in total. The number of hydrazone groups is 2. The van der Waals surface area contributed by atoms with E-state index in [1.165, 1.54) is 0 Å². The lowest BCUT2D eigenvalue weighted by Crippen LogP contribution is -2.15. The quantitative estimate of drug-likeness (QED) is 0.0396. The number of anilines is 4. The summed E-state index contributed by atoms with van der Waals surface area (Å²) in [6, 6.07) is 72.3. The predicted octanol–water partition coefficient (Wildman–Crippen LogP) is 16.0. The number of carbonyl (C=O) groups excluding carboxylic acids is 2. The molecule has 2 aliphatic rings. The van der Waals surface area contributed by atoms with E-state index in [0.29, 0.717) is 36.0 Å². The first-order valence-electron chi connectivity index (χ1n) is 28.3. The number of nitrogens with zero attached hydrogens (tertiary/aromatic N) is 8. The van der Waals surface area contributed by atoms with Crippen LogP contribution in [0.25, 0.3) is 33.6 Å². The van der Waals surface area contributed by atoms with Gasteiger partial charge in [0, 0.05) is 45.8 Å². The van der Waals surface area contributed by atoms with Crippen molar-refractivity contribution in [3.63, 3.8) is 0 Å². The minimum Gasteiger partial charge on any atom is -0.462 e. The molecule has 12 rings (SSSR count). The molecule has 0 saturated heterocycles. The average Bonchev–Trinajstić information content (AvgIpc) is 4.46. The molecule has 2 heterocycles. The molecule has 12 nitrogen and oxygen atoms in total. The van der Waals surface area contributed by atoms with Crippen LogP contribution in [0.15, 0.2) is 229 Å². The summed E-state index contributed by atoms with van der Waals surface area (Å²) in [6.07, 6.45) is 7.88. The number of rotatable bonds is 21. The van der Waals surface area contributed by atoms with Crippen molar-refractivity contribution in [1.29, 1.82) is 0 Å². The van der Waals surface area contributed by atoms with Crippen LogP contribution in [0.4, 0.5) is 23.0 Å². The van der Waals surface area contributed by atoms with Crippen LogP contribution < -0.4 is 10.0 Å². The highest BCUT2D eigenvalue weighted by atomic mass is 16.5. The Bertz CT molecular complexity index is 3710. The second kappa shape index (κ2) is 24.2. The molecule has 0 radical (unpaired) electrons. The van der Waals surface area contributed by atoms with Crippen molar-refractivity contribution in [3.8, 4) is 33.6 Å². The Morgan fingerprint density at radius 1 is 0.378 bits per heavy atom. The van der Waals surface area contributed by atoms with Crippen LogP contribution in [0.1, 0.15) is 106 Å². The van der Waals surface area contributed by atoms with Gasteiger partial charge in [0.15, 0.2) is 11.6 Å². The van der Waals surface area contributed by atoms with E-state index in [1.54, 1.807) is 0 Å². The van der Waals surface area contributed by atoms with Gasteiger partial charge < -0.3 is 9.47 Å². The molecule has 0 amide bonds. The fraction of sp³-hybridized carbons (Fsp3) is 0.171. The van der Waals surface area contributed by atoms with Crippen molar-refractivity contribution >= 4 is 46.4 Å². The first-order valence-corrected chi connectivity index (χ1v) is 28.3. The number of para-hydroxylation sites is 4. The first-order chi connectivity index (χ1) is 40.4. The van der Waals surface area contributed by atoms with E-state index in [4.69, 9.17) is 29.9 Å². The largest absolute Gasteiger partial charge is 0.462 e. The van der Waals surface area contributed by atoms with Crippen molar-refractivity contribution in [2.45, 2.75) is 65.2 Å². The number of hydrogen-bond donors (Lipinski definition) is 0. The van der Waals surface area contributed by atoms with Gasteiger partial charge in [-0.25, -0.2) is 29.0 Å². The molecule has 0 bridgehead atoms. The normalized spacial score (nSPS) is 12.9. The highest BCUT2D eigenvalue weighted by molar-refractivity contribution is 6.26. The Kier molecular flexibility index (Phi) is 15.6. The number of aromatic nitrogens is 4. The van der Waals surface area contributed by atoms with E-state index >= 15 is 0 Å². The lowest BCUT2D eigenvalue weighted by Gasteiger charge is -2.18. The van der Waals surface area contributed by atoms with Crippen LogP contribution in [0, 0.1) is 13.8 Å². The summed E-state index contributed by atoms with van der Waals surface area (Å²) in [7, 11) is 0. The lowest BCUT2D eigenvalue weighted by molar-refractivity contribution is 0.0487. The van der Waals surface area contributed by atoms with Gasteiger partial charge in [0.25, 0.3) is 0 Å². The first kappa shape index (κ1) is 52.7. The molecule has 12 heteroatoms. The molecule has 82 heavy (non-hydrogen) atoms. The van der Waals surface area contributed by atoms with Crippen molar-refractivity contribution in [2.75, 3.05) is 23.2 Å². The molecule has 0 spiro atoms. The number of carbonyl (C=O) groups is 2. The fourth-order valence-corrected chi connectivity index (χ4v) is 10.9. The Labute approximate surface area is 478 Å². The van der Waals surface area contributed by atoms with Gasteiger partial charge in [0.05, 0.1) is 58.5 Å². The number of hydrogen-bond acceptors (Lipinski definition) is 10. The molecule has 0 aliphatic heterocycles. The van der Waals surface area contributed by atoms with E-state index in [-0.39, 0.29) is 11.9 Å². The third-order valence-corrected chi connectivity index (χ3v) is 15.1. The number of unbranched alkanes of at least 4 members (excludes halogenated alkanes) is 7. The molecule has 0 fully saturated rings. The molecule has 8 aromatic carbocycles. The number of aryl methyl sites for hydroxylation is 2. The molecule has 406 valence electrons. The zero-order valence-electron chi connectivity index (χ0n) is 46.1. The molecule has 2 aliphatic carbocycles. The topological polar surface area (TPSA) is 119 Å². The van der Waals surface area contributed by atoms with E-state index in [1.807, 2.05) is 227 Å². The van der Waals surface area contributed by atoms with E-state index in [9.17, 15) is 9.59 Å². The maximum atomic E-state index is 13.5. The second-order valence-electron chi connectivity index (χ2n) is 20.7. The van der Waals surface area contributed by atoms with Gasteiger partial charge in [-0.2, -0.15) is 10.2 Å². The van der Waals surface area contributed by atoms with Gasteiger partial charge in [0.2, 0.25) is 0 Å². The Hall–Kier alpha value is -9.94. The molecule has 10 aromatic rings. The van der Waals surface area contributed by atoms with E-state index in [0.717, 1.165) is 141 Å². The molecular weight excluding hydrogens is 1020 g/mol. The molecule has 0 atom stereocenters. The number of fused-ring (bicyclic) bond motifs is 6. The predicted molar refractivity (Wildman–Crippen MR) is 326 cm³/mol. The standard InChI is InChI=1S/C70H62N8O4/c1-49-45-65(71-75(49)53-27-13-9-14-28-53)77(55-31-17-11-18-32-55)73-67-59-37-23-21-35-57(59)63-47-51(39-41-61(63)67)69(79)81-43-25-7-5-3-4-6-8-26-44-82-70(80)52-40-42-62-64(48-52)58-36-22-24-38-60(58)68(62)74-78(56-33-19-12-20-34-56)66-46-50(2)76(72-66)54-29-15-10-16-30-54/h9-24,27-42,45-48H,3-8,25-26,43-44H2,1-2H3. The Balaban J connectivity index is 0.606. The number of esters is 2. The van der Waals surface area contributed by atoms with Gasteiger partial charge in [-0.05, 0) is 122 Å². The van der Waals surface area contributed by atoms with Crippen LogP contribution >= 0.6 is 0 Å². The third-order valence-electron chi connectivity index (χ3n) is 15.1. The van der Waals surface area contributed by atoms with Gasteiger partial charge in [-0.3, -0.25) is 0 Å². The smallest absolute Gasteiger partial charge is 0.338 e. The molecule has 0 unspecified atom stereocenters. The Morgan fingerprint density at radius 2 is 0.707 bits per heavy atom. The van der Waals surface area contributed by atoms with Crippen LogP contribution in [0.5, 0.6) is 0 Å². The summed E-state index contributed by atoms with van der Waals surface area (Å²) in [5.41, 5.74) is 16.1. The average molecular weight is 1080 g/mol. The van der Waals surface area contributed by atoms with Crippen molar-refractivity contribution in [1.82, 2.24) is 19.6 Å². The van der Waals surface area contributed by atoms with Gasteiger partial charge in [0.1, 0.15) is 0 Å². The maximum absolute atomic E-state index is 13.5. The van der Waals surface area contributed by atoms with Gasteiger partial charge in [-0.1, -0.05) is 172 Å². The Morgan fingerprint density at radius 3 is 1.10 bits per heavy atom. The minimum atomic E-state index is -0.328. The van der Waals surface area contributed by atoms with E-state index in [2.05, 4.69) is 24.3 Å². The minimum absolute atomic E-state index is 0.328. The molecule has 0 saturated carbocycles. The fourth-order valence-electron chi connectivity index (χ4n) is 10.9. The highest BCUT2D eigenvalue weighted by Gasteiger charge is 2.30. The van der Waals surface area contributed by atoms with E-state index < -0.39 is 0 Å². The summed E-state index contributed by atoms with van der Waals surface area (Å²) in [4.78, 5) is 26.9. The van der Waals surface area contributed by atoms with Crippen LogP contribution in [-0.4, -0.2) is 56.1 Å². The van der Waals surface area contributed by atoms with Crippen LogP contribution in [-0.2, 0) is 9.47 Å². The summed E-state index contributed by atoms with van der Waals surface area (Å²) in [6.45, 7) is 4.82. The maximum Gasteiger partial charge on any atom is 0.338 e. The monoisotopic (exact) mass is 1080 g/mol. The van der Waals surface area contributed by atoms with Crippen molar-refractivity contribution < 1.29 is 19.1 Å². The summed E-state index contributed by atoms with van der Waals surface area (Å²) >= 11 is 0. The molecule has 2 aromatic heterocycles. The molecular formula is C70H62N8O4. The summed E-state index contributed by atoms with van der Waals surface area (Å²) < 4.78 is 15.5. The summed E-state index contributed by atoms with van der Waals surface area (Å²) in [5.74, 6) is 0.726. The lowest BCUT2D eigenvalue weighted by atomic mass is 10.0. The van der Waals surface area contributed by atoms with Gasteiger partial charge in [-0.15, -0.1) is 10.2 Å². The number of ether oxygens (including phenoxy) is 2. The third kappa shape index (κ3) is 11.2. The highest BCUT2D eigenvalue weighted by Crippen LogP contribution is 2.41.